The lowest BCUT2D eigenvalue weighted by molar-refractivity contribution is 0.357. The Kier molecular flexibility index (Phi) is 6.14. The van der Waals surface area contributed by atoms with Crippen LogP contribution in [-0.4, -0.2) is 0 Å². The van der Waals surface area contributed by atoms with E-state index in [0.29, 0.717) is 0 Å². The first-order valence-corrected chi connectivity index (χ1v) is 5.28. The lowest BCUT2D eigenvalue weighted by Gasteiger charge is -2.19. The van der Waals surface area contributed by atoms with Crippen molar-refractivity contribution >= 4 is 0 Å². The standard InChI is InChI=1S/C12H24/c1-6-8-11(4)12(5)9-10(3)7-2/h11-12H,3,6-9H2,1-2,4-5H3. The van der Waals surface area contributed by atoms with Gasteiger partial charge in [0.25, 0.3) is 0 Å². The van der Waals surface area contributed by atoms with Crippen LogP contribution in [0.5, 0.6) is 0 Å². The fourth-order valence-corrected chi connectivity index (χ4v) is 1.54. The quantitative estimate of drug-likeness (QED) is 0.515. The summed E-state index contributed by atoms with van der Waals surface area (Å²) in [6, 6.07) is 0. The second-order valence-corrected chi connectivity index (χ2v) is 4.05. The van der Waals surface area contributed by atoms with Crippen molar-refractivity contribution in [3.63, 3.8) is 0 Å². The summed E-state index contributed by atoms with van der Waals surface area (Å²) in [4.78, 5) is 0. The highest BCUT2D eigenvalue weighted by Crippen LogP contribution is 2.23. The first kappa shape index (κ1) is 11.7. The molecule has 2 unspecified atom stereocenters. The van der Waals surface area contributed by atoms with Crippen molar-refractivity contribution < 1.29 is 0 Å². The van der Waals surface area contributed by atoms with E-state index in [0.717, 1.165) is 18.3 Å². The van der Waals surface area contributed by atoms with Crippen LogP contribution in [0.4, 0.5) is 0 Å². The van der Waals surface area contributed by atoms with Gasteiger partial charge in [0.05, 0.1) is 0 Å². The fraction of sp³-hybridized carbons (Fsp3) is 0.833. The molecule has 0 aliphatic carbocycles. The Labute approximate surface area is 78.1 Å². The van der Waals surface area contributed by atoms with Crippen LogP contribution in [0.3, 0.4) is 0 Å². The van der Waals surface area contributed by atoms with E-state index in [1.165, 1.54) is 24.8 Å². The zero-order valence-electron chi connectivity index (χ0n) is 9.19. The third-order valence-corrected chi connectivity index (χ3v) is 2.83. The fourth-order valence-electron chi connectivity index (χ4n) is 1.54. The lowest BCUT2D eigenvalue weighted by atomic mass is 9.86. The summed E-state index contributed by atoms with van der Waals surface area (Å²) in [5.41, 5.74) is 1.41. The minimum atomic E-state index is 0.817. The molecule has 0 aliphatic rings. The van der Waals surface area contributed by atoms with Gasteiger partial charge in [-0.2, -0.15) is 0 Å². The van der Waals surface area contributed by atoms with Gasteiger partial charge in [-0.05, 0) is 24.7 Å². The predicted molar refractivity (Wildman–Crippen MR) is 57.3 cm³/mol. The average Bonchev–Trinajstić information content (AvgIpc) is 2.04. The van der Waals surface area contributed by atoms with E-state index >= 15 is 0 Å². The molecular formula is C12H24. The Balaban J connectivity index is 3.69. The highest BCUT2D eigenvalue weighted by atomic mass is 14.2. The summed E-state index contributed by atoms with van der Waals surface area (Å²) >= 11 is 0. The molecule has 0 fully saturated rings. The first-order chi connectivity index (χ1) is 5.61. The van der Waals surface area contributed by atoms with Gasteiger partial charge in [-0.15, -0.1) is 0 Å². The Morgan fingerprint density at radius 2 is 1.75 bits per heavy atom. The molecule has 0 aromatic carbocycles. The summed E-state index contributed by atoms with van der Waals surface area (Å²) in [6.07, 6.45) is 5.03. The van der Waals surface area contributed by atoms with Gasteiger partial charge in [0.1, 0.15) is 0 Å². The van der Waals surface area contributed by atoms with Gasteiger partial charge in [0.15, 0.2) is 0 Å². The largest absolute Gasteiger partial charge is 0.0999 e. The molecule has 0 aromatic rings. The smallest absolute Gasteiger partial charge is 0.0295 e. The molecule has 0 saturated carbocycles. The number of hydrogen-bond acceptors (Lipinski definition) is 0. The van der Waals surface area contributed by atoms with Crippen LogP contribution in [0.15, 0.2) is 12.2 Å². The van der Waals surface area contributed by atoms with Gasteiger partial charge in [-0.3, -0.25) is 0 Å². The zero-order valence-corrected chi connectivity index (χ0v) is 9.19. The molecular weight excluding hydrogens is 144 g/mol. The van der Waals surface area contributed by atoms with Crippen LogP contribution in [0.1, 0.15) is 53.4 Å². The van der Waals surface area contributed by atoms with Crippen LogP contribution in [0.2, 0.25) is 0 Å². The topological polar surface area (TPSA) is 0 Å². The van der Waals surface area contributed by atoms with Crippen LogP contribution in [0.25, 0.3) is 0 Å². The van der Waals surface area contributed by atoms with Crippen molar-refractivity contribution in [2.24, 2.45) is 11.8 Å². The zero-order chi connectivity index (χ0) is 9.56. The second kappa shape index (κ2) is 6.28. The number of hydrogen-bond donors (Lipinski definition) is 0. The maximum absolute atomic E-state index is 4.06. The molecule has 0 heterocycles. The Hall–Kier alpha value is -0.260. The molecule has 0 N–H and O–H groups in total. The maximum atomic E-state index is 4.06. The summed E-state index contributed by atoms with van der Waals surface area (Å²) in [7, 11) is 0. The molecule has 0 heteroatoms. The highest BCUT2D eigenvalue weighted by Gasteiger charge is 2.11. The monoisotopic (exact) mass is 168 g/mol. The first-order valence-electron chi connectivity index (χ1n) is 5.28. The summed E-state index contributed by atoms with van der Waals surface area (Å²) in [5, 5.41) is 0. The summed E-state index contributed by atoms with van der Waals surface area (Å²) in [5.74, 6) is 1.68. The molecule has 2 atom stereocenters. The van der Waals surface area contributed by atoms with Gasteiger partial charge in [0, 0.05) is 0 Å². The Morgan fingerprint density at radius 1 is 1.17 bits per heavy atom. The van der Waals surface area contributed by atoms with Crippen LogP contribution in [0, 0.1) is 11.8 Å². The molecule has 0 bridgehead atoms. The third-order valence-electron chi connectivity index (χ3n) is 2.83. The van der Waals surface area contributed by atoms with Crippen molar-refractivity contribution in [2.45, 2.75) is 53.4 Å². The van der Waals surface area contributed by atoms with Crippen molar-refractivity contribution in [2.75, 3.05) is 0 Å². The van der Waals surface area contributed by atoms with Crippen molar-refractivity contribution in [3.8, 4) is 0 Å². The van der Waals surface area contributed by atoms with E-state index in [-0.39, 0.29) is 0 Å². The second-order valence-electron chi connectivity index (χ2n) is 4.05. The summed E-state index contributed by atoms with van der Waals surface area (Å²) < 4.78 is 0. The predicted octanol–water partition coefficient (Wildman–Crippen LogP) is 4.42. The molecule has 0 rings (SSSR count). The van der Waals surface area contributed by atoms with Crippen LogP contribution < -0.4 is 0 Å². The third kappa shape index (κ3) is 4.58. The normalized spacial score (nSPS) is 15.7. The number of rotatable bonds is 6. The van der Waals surface area contributed by atoms with Crippen LogP contribution in [-0.2, 0) is 0 Å². The minimum absolute atomic E-state index is 0.817. The lowest BCUT2D eigenvalue weighted by Crippen LogP contribution is -2.08. The molecule has 0 saturated heterocycles. The average molecular weight is 168 g/mol. The van der Waals surface area contributed by atoms with Gasteiger partial charge in [-0.25, -0.2) is 0 Å². The van der Waals surface area contributed by atoms with E-state index in [2.05, 4.69) is 34.3 Å². The maximum Gasteiger partial charge on any atom is -0.0295 e. The van der Waals surface area contributed by atoms with E-state index in [4.69, 9.17) is 0 Å². The summed E-state index contributed by atoms with van der Waals surface area (Å²) in [6.45, 7) is 13.2. The van der Waals surface area contributed by atoms with Crippen molar-refractivity contribution in [1.82, 2.24) is 0 Å². The molecule has 72 valence electrons. The minimum Gasteiger partial charge on any atom is -0.0999 e. The molecule has 0 aromatic heterocycles. The Bertz CT molecular complexity index is 124. The molecule has 0 spiro atoms. The SMILES string of the molecule is C=C(CC)CC(C)C(C)CCC. The number of allylic oxidation sites excluding steroid dienone is 1. The van der Waals surface area contributed by atoms with Gasteiger partial charge in [-0.1, -0.05) is 52.7 Å². The van der Waals surface area contributed by atoms with Gasteiger partial charge >= 0.3 is 0 Å². The van der Waals surface area contributed by atoms with E-state index < -0.39 is 0 Å². The van der Waals surface area contributed by atoms with Crippen molar-refractivity contribution in [3.05, 3.63) is 12.2 Å². The molecule has 12 heavy (non-hydrogen) atoms. The highest BCUT2D eigenvalue weighted by molar-refractivity contribution is 4.94. The van der Waals surface area contributed by atoms with E-state index in [1.54, 1.807) is 0 Å². The van der Waals surface area contributed by atoms with E-state index in [1.807, 2.05) is 0 Å². The van der Waals surface area contributed by atoms with Gasteiger partial charge in [0.2, 0.25) is 0 Å². The Morgan fingerprint density at radius 3 is 2.17 bits per heavy atom. The van der Waals surface area contributed by atoms with Crippen molar-refractivity contribution in [1.29, 1.82) is 0 Å². The molecule has 0 nitrogen and oxygen atoms in total. The van der Waals surface area contributed by atoms with E-state index in [9.17, 15) is 0 Å². The molecule has 0 amide bonds. The molecule has 0 radical (unpaired) electrons. The van der Waals surface area contributed by atoms with Crippen LogP contribution >= 0.6 is 0 Å². The molecule has 0 aliphatic heterocycles. The van der Waals surface area contributed by atoms with Gasteiger partial charge < -0.3 is 0 Å².